The first-order chi connectivity index (χ1) is 11.2. The summed E-state index contributed by atoms with van der Waals surface area (Å²) in [6.45, 7) is 0. The molecule has 1 aliphatic rings. The molecule has 0 bridgehead atoms. The molecule has 2 aromatic carbocycles. The van der Waals surface area contributed by atoms with Crippen molar-refractivity contribution in [2.45, 2.75) is 24.3 Å². The fourth-order valence-corrected chi connectivity index (χ4v) is 3.90. The van der Waals surface area contributed by atoms with Crippen LogP contribution in [0.25, 0.3) is 0 Å². The summed E-state index contributed by atoms with van der Waals surface area (Å²) in [5.74, 6) is 0. The van der Waals surface area contributed by atoms with Crippen molar-refractivity contribution in [3.63, 3.8) is 0 Å². The van der Waals surface area contributed by atoms with Gasteiger partial charge in [-0.25, -0.2) is 4.98 Å². The molecule has 2 nitrogen and oxygen atoms in total. The highest BCUT2D eigenvalue weighted by molar-refractivity contribution is 6.28. The van der Waals surface area contributed by atoms with Crippen molar-refractivity contribution >= 4 is 23.2 Å². The molecular weight excluding hydrogens is 327 g/mol. The number of hydrogen-bond acceptors (Lipinski definition) is 1. The quantitative estimate of drug-likeness (QED) is 0.582. The molecule has 2 unspecified atom stereocenters. The maximum atomic E-state index is 6.48. The van der Waals surface area contributed by atoms with Crippen LogP contribution in [-0.4, -0.2) is 9.55 Å². The molecule has 0 saturated carbocycles. The van der Waals surface area contributed by atoms with E-state index in [1.165, 1.54) is 22.3 Å². The molecule has 1 heterocycles. The number of alkyl halides is 1. The molecule has 1 aromatic heterocycles. The van der Waals surface area contributed by atoms with Gasteiger partial charge in [0.1, 0.15) is 0 Å². The van der Waals surface area contributed by atoms with Crippen LogP contribution in [-0.2, 0) is 6.42 Å². The van der Waals surface area contributed by atoms with Gasteiger partial charge in [0.25, 0.3) is 0 Å². The number of imidazole rings is 1. The minimum absolute atomic E-state index is 0.000895. The van der Waals surface area contributed by atoms with E-state index in [0.29, 0.717) is 5.28 Å². The lowest BCUT2D eigenvalue weighted by Gasteiger charge is -2.21. The average Bonchev–Trinajstić information content (AvgIpc) is 3.16. The van der Waals surface area contributed by atoms with E-state index >= 15 is 0 Å². The maximum Gasteiger partial charge on any atom is 0.203 e. The first kappa shape index (κ1) is 14.8. The van der Waals surface area contributed by atoms with Crippen LogP contribution in [0.3, 0.4) is 0 Å². The topological polar surface area (TPSA) is 17.8 Å². The molecule has 0 amide bonds. The van der Waals surface area contributed by atoms with Gasteiger partial charge in [-0.05, 0) is 46.7 Å². The Balaban J connectivity index is 1.87. The molecule has 0 radical (unpaired) electrons. The van der Waals surface area contributed by atoms with Crippen molar-refractivity contribution in [1.29, 1.82) is 0 Å². The summed E-state index contributed by atoms with van der Waals surface area (Å²) in [5.41, 5.74) is 4.97. The SMILES string of the molecule is Clc1nccn1C(c1ccccc1)c1ccc2c(c1)C(Cl)CC2. The number of aryl methyl sites for hydroxylation is 1. The second-order valence-corrected chi connectivity index (χ2v) is 6.75. The Morgan fingerprint density at radius 1 is 1.09 bits per heavy atom. The summed E-state index contributed by atoms with van der Waals surface area (Å²) in [7, 11) is 0. The van der Waals surface area contributed by atoms with Gasteiger partial charge < -0.3 is 4.57 Å². The Morgan fingerprint density at radius 2 is 1.91 bits per heavy atom. The molecule has 0 spiro atoms. The molecule has 0 saturated heterocycles. The van der Waals surface area contributed by atoms with Crippen LogP contribution >= 0.6 is 23.2 Å². The van der Waals surface area contributed by atoms with Gasteiger partial charge in [-0.1, -0.05) is 48.5 Å². The standard InChI is InChI=1S/C19H16Cl2N2/c20-17-9-8-13-6-7-15(12-16(13)17)18(14-4-2-1-3-5-14)23-11-10-22-19(23)21/h1-7,10-12,17-18H,8-9H2. The molecule has 0 fully saturated rings. The van der Waals surface area contributed by atoms with E-state index < -0.39 is 0 Å². The van der Waals surface area contributed by atoms with Gasteiger partial charge in [0.15, 0.2) is 0 Å². The minimum Gasteiger partial charge on any atom is -0.310 e. The van der Waals surface area contributed by atoms with E-state index in [4.69, 9.17) is 23.2 Å². The van der Waals surface area contributed by atoms with Gasteiger partial charge in [0.05, 0.1) is 11.4 Å². The summed E-state index contributed by atoms with van der Waals surface area (Å²) in [5, 5.41) is 0.599. The van der Waals surface area contributed by atoms with Gasteiger partial charge in [0.2, 0.25) is 5.28 Å². The van der Waals surface area contributed by atoms with Crippen LogP contribution in [0.15, 0.2) is 60.9 Å². The molecule has 4 heteroatoms. The van der Waals surface area contributed by atoms with Crippen LogP contribution in [0.5, 0.6) is 0 Å². The summed E-state index contributed by atoms with van der Waals surface area (Å²) in [6.07, 6.45) is 5.73. The van der Waals surface area contributed by atoms with Gasteiger partial charge in [-0.15, -0.1) is 11.6 Å². The number of hydrogen-bond donors (Lipinski definition) is 0. The highest BCUT2D eigenvalue weighted by atomic mass is 35.5. The molecule has 0 N–H and O–H groups in total. The van der Waals surface area contributed by atoms with Crippen LogP contribution in [0.1, 0.15) is 40.1 Å². The lowest BCUT2D eigenvalue weighted by molar-refractivity contribution is 0.677. The normalized spacial score (nSPS) is 17.9. The van der Waals surface area contributed by atoms with Gasteiger partial charge in [-0.2, -0.15) is 0 Å². The second kappa shape index (κ2) is 6.03. The summed E-state index contributed by atoms with van der Waals surface area (Å²) in [4.78, 5) is 4.18. The lowest BCUT2D eigenvalue weighted by atomic mass is 9.95. The molecule has 1 aliphatic carbocycles. The molecule has 0 aliphatic heterocycles. The fraction of sp³-hybridized carbons (Fsp3) is 0.211. The van der Waals surface area contributed by atoms with Crippen molar-refractivity contribution < 1.29 is 0 Å². The molecule has 116 valence electrons. The third kappa shape index (κ3) is 2.66. The smallest absolute Gasteiger partial charge is 0.203 e. The molecular formula is C19H16Cl2N2. The van der Waals surface area contributed by atoms with Crippen LogP contribution in [0, 0.1) is 0 Å². The first-order valence-electron chi connectivity index (χ1n) is 7.74. The van der Waals surface area contributed by atoms with E-state index in [1.807, 2.05) is 29.0 Å². The van der Waals surface area contributed by atoms with Gasteiger partial charge in [0, 0.05) is 12.4 Å². The lowest BCUT2D eigenvalue weighted by Crippen LogP contribution is -2.12. The number of rotatable bonds is 3. The summed E-state index contributed by atoms with van der Waals surface area (Å²) < 4.78 is 2.00. The zero-order valence-electron chi connectivity index (χ0n) is 12.5. The predicted octanol–water partition coefficient (Wildman–Crippen LogP) is 5.40. The van der Waals surface area contributed by atoms with E-state index in [2.05, 4.69) is 35.3 Å². The monoisotopic (exact) mass is 342 g/mol. The number of halogens is 2. The third-order valence-electron chi connectivity index (χ3n) is 4.51. The number of aromatic nitrogens is 2. The highest BCUT2D eigenvalue weighted by Gasteiger charge is 2.24. The van der Waals surface area contributed by atoms with E-state index in [0.717, 1.165) is 12.8 Å². The number of fused-ring (bicyclic) bond motifs is 1. The van der Waals surface area contributed by atoms with Gasteiger partial charge in [-0.3, -0.25) is 0 Å². The van der Waals surface area contributed by atoms with E-state index in [-0.39, 0.29) is 11.4 Å². The Bertz CT molecular complexity index is 826. The van der Waals surface area contributed by atoms with Crippen LogP contribution in [0.4, 0.5) is 0 Å². The fourth-order valence-electron chi connectivity index (χ4n) is 3.38. The van der Waals surface area contributed by atoms with Crippen LogP contribution in [0.2, 0.25) is 5.28 Å². The summed E-state index contributed by atoms with van der Waals surface area (Å²) in [6, 6.07) is 17.0. The Labute approximate surface area is 145 Å². The van der Waals surface area contributed by atoms with Crippen molar-refractivity contribution in [3.8, 4) is 0 Å². The Kier molecular flexibility index (Phi) is 3.88. The maximum absolute atomic E-state index is 6.48. The summed E-state index contributed by atoms with van der Waals surface area (Å²) >= 11 is 12.8. The van der Waals surface area contributed by atoms with Gasteiger partial charge >= 0.3 is 0 Å². The van der Waals surface area contributed by atoms with Crippen molar-refractivity contribution in [3.05, 3.63) is 88.5 Å². The molecule has 4 rings (SSSR count). The average molecular weight is 343 g/mol. The minimum atomic E-state index is 0.000895. The Hall–Kier alpha value is -1.77. The van der Waals surface area contributed by atoms with Crippen molar-refractivity contribution in [2.24, 2.45) is 0 Å². The largest absolute Gasteiger partial charge is 0.310 e. The van der Waals surface area contributed by atoms with Crippen molar-refractivity contribution in [2.75, 3.05) is 0 Å². The van der Waals surface area contributed by atoms with Crippen molar-refractivity contribution in [1.82, 2.24) is 9.55 Å². The Morgan fingerprint density at radius 3 is 2.65 bits per heavy atom. The zero-order chi connectivity index (χ0) is 15.8. The molecule has 2 atom stereocenters. The zero-order valence-corrected chi connectivity index (χ0v) is 14.0. The highest BCUT2D eigenvalue weighted by Crippen LogP contribution is 2.39. The predicted molar refractivity (Wildman–Crippen MR) is 94.3 cm³/mol. The molecule has 23 heavy (non-hydrogen) atoms. The van der Waals surface area contributed by atoms with E-state index in [9.17, 15) is 0 Å². The number of nitrogens with zero attached hydrogens (tertiary/aromatic N) is 2. The third-order valence-corrected chi connectivity index (χ3v) is 5.25. The number of benzene rings is 2. The van der Waals surface area contributed by atoms with Crippen LogP contribution < -0.4 is 0 Å². The first-order valence-corrected chi connectivity index (χ1v) is 8.55. The molecule has 3 aromatic rings. The van der Waals surface area contributed by atoms with E-state index in [1.54, 1.807) is 6.20 Å². The second-order valence-electron chi connectivity index (χ2n) is 5.88.